The number of imidazole rings is 1. The highest BCUT2D eigenvalue weighted by atomic mass is 16.3. The van der Waals surface area contributed by atoms with Crippen LogP contribution in [0, 0.1) is 0 Å². The minimum atomic E-state index is 0.260. The van der Waals surface area contributed by atoms with Gasteiger partial charge in [-0.15, -0.1) is 0 Å². The number of hydrogen-bond acceptors (Lipinski definition) is 3. The van der Waals surface area contributed by atoms with Crippen molar-refractivity contribution in [2.45, 2.75) is 19.9 Å². The molecule has 1 N–H and O–H groups in total. The smallest absolute Gasteiger partial charge is 0.0991 e. The molecule has 0 aliphatic rings. The Labute approximate surface area is 114 Å². The van der Waals surface area contributed by atoms with Gasteiger partial charge in [-0.1, -0.05) is 19.1 Å². The lowest BCUT2D eigenvalue weighted by molar-refractivity contribution is 0.225. The SMILES string of the molecule is CCN(CCCO)Cc1ccc(-n2ccnc2)cc1. The molecule has 1 heterocycles. The number of aliphatic hydroxyl groups is 1. The van der Waals surface area contributed by atoms with Gasteiger partial charge in [-0.3, -0.25) is 4.90 Å². The maximum atomic E-state index is 8.88. The van der Waals surface area contributed by atoms with Gasteiger partial charge in [0.2, 0.25) is 0 Å². The highest BCUT2D eigenvalue weighted by Crippen LogP contribution is 2.11. The van der Waals surface area contributed by atoms with E-state index in [9.17, 15) is 0 Å². The first-order valence-corrected chi connectivity index (χ1v) is 6.74. The molecule has 0 bridgehead atoms. The summed E-state index contributed by atoms with van der Waals surface area (Å²) in [6.07, 6.45) is 6.35. The molecule has 0 saturated carbocycles. The molecule has 0 saturated heterocycles. The fourth-order valence-electron chi connectivity index (χ4n) is 2.09. The third-order valence-electron chi connectivity index (χ3n) is 3.22. The monoisotopic (exact) mass is 259 g/mol. The number of nitrogens with zero attached hydrogens (tertiary/aromatic N) is 3. The molecule has 4 nitrogen and oxygen atoms in total. The van der Waals surface area contributed by atoms with Crippen molar-refractivity contribution in [3.63, 3.8) is 0 Å². The van der Waals surface area contributed by atoms with E-state index in [-0.39, 0.29) is 6.61 Å². The molecule has 0 spiro atoms. The van der Waals surface area contributed by atoms with Crippen molar-refractivity contribution < 1.29 is 5.11 Å². The van der Waals surface area contributed by atoms with Crippen LogP contribution in [0.4, 0.5) is 0 Å². The zero-order valence-corrected chi connectivity index (χ0v) is 11.4. The summed E-state index contributed by atoms with van der Waals surface area (Å²) in [5.74, 6) is 0. The van der Waals surface area contributed by atoms with E-state index in [2.05, 4.69) is 41.1 Å². The van der Waals surface area contributed by atoms with E-state index in [1.54, 1.807) is 12.5 Å². The maximum Gasteiger partial charge on any atom is 0.0991 e. The molecule has 2 aromatic rings. The summed E-state index contributed by atoms with van der Waals surface area (Å²) in [6, 6.07) is 8.52. The molecule has 0 radical (unpaired) electrons. The van der Waals surface area contributed by atoms with Gasteiger partial charge in [-0.2, -0.15) is 0 Å². The molecule has 0 aliphatic carbocycles. The Kier molecular flexibility index (Phi) is 5.12. The molecular formula is C15H21N3O. The van der Waals surface area contributed by atoms with Crippen molar-refractivity contribution in [2.24, 2.45) is 0 Å². The van der Waals surface area contributed by atoms with Crippen LogP contribution in [0.2, 0.25) is 0 Å². The number of rotatable bonds is 7. The van der Waals surface area contributed by atoms with Crippen molar-refractivity contribution in [1.29, 1.82) is 0 Å². The summed E-state index contributed by atoms with van der Waals surface area (Å²) in [7, 11) is 0. The Hall–Kier alpha value is -1.65. The molecule has 0 atom stereocenters. The maximum absolute atomic E-state index is 8.88. The van der Waals surface area contributed by atoms with Crippen LogP contribution in [0.15, 0.2) is 43.0 Å². The standard InChI is InChI=1S/C15H21N3O/c1-2-17(9-3-11-19)12-14-4-6-15(7-5-14)18-10-8-16-13-18/h4-8,10,13,19H,2-3,9,11-12H2,1H3. The lowest BCUT2D eigenvalue weighted by Crippen LogP contribution is -2.24. The Bertz CT molecular complexity index is 465. The normalized spacial score (nSPS) is 11.1. The van der Waals surface area contributed by atoms with Crippen molar-refractivity contribution in [1.82, 2.24) is 14.5 Å². The first kappa shape index (κ1) is 13.8. The van der Waals surface area contributed by atoms with Gasteiger partial charge in [0.05, 0.1) is 6.33 Å². The molecule has 1 aromatic carbocycles. The zero-order valence-electron chi connectivity index (χ0n) is 11.4. The van der Waals surface area contributed by atoms with E-state index in [4.69, 9.17) is 5.11 Å². The number of aliphatic hydroxyl groups excluding tert-OH is 1. The lowest BCUT2D eigenvalue weighted by atomic mass is 10.2. The minimum Gasteiger partial charge on any atom is -0.396 e. The summed E-state index contributed by atoms with van der Waals surface area (Å²) < 4.78 is 1.99. The van der Waals surface area contributed by atoms with Crippen molar-refractivity contribution in [3.8, 4) is 5.69 Å². The molecule has 0 unspecified atom stereocenters. The fraction of sp³-hybridized carbons (Fsp3) is 0.400. The Morgan fingerprint density at radius 3 is 2.63 bits per heavy atom. The predicted molar refractivity (Wildman–Crippen MR) is 76.2 cm³/mol. The molecule has 0 fully saturated rings. The highest BCUT2D eigenvalue weighted by molar-refractivity contribution is 5.34. The number of hydrogen-bond donors (Lipinski definition) is 1. The van der Waals surface area contributed by atoms with Gasteiger partial charge in [0.25, 0.3) is 0 Å². The van der Waals surface area contributed by atoms with E-state index in [1.807, 2.05) is 10.8 Å². The van der Waals surface area contributed by atoms with Crippen LogP contribution < -0.4 is 0 Å². The highest BCUT2D eigenvalue weighted by Gasteiger charge is 2.03. The summed E-state index contributed by atoms with van der Waals surface area (Å²) in [6.45, 7) is 5.29. The molecule has 0 aliphatic heterocycles. The second-order valence-corrected chi connectivity index (χ2v) is 4.58. The van der Waals surface area contributed by atoms with Crippen molar-refractivity contribution >= 4 is 0 Å². The van der Waals surface area contributed by atoms with E-state index in [1.165, 1.54) is 5.56 Å². The van der Waals surface area contributed by atoms with E-state index >= 15 is 0 Å². The van der Waals surface area contributed by atoms with Crippen LogP contribution in [0.5, 0.6) is 0 Å². The van der Waals surface area contributed by atoms with Crippen LogP contribution in [-0.2, 0) is 6.54 Å². The van der Waals surface area contributed by atoms with Gasteiger partial charge in [0.15, 0.2) is 0 Å². The average Bonchev–Trinajstić information content (AvgIpc) is 2.98. The summed E-state index contributed by atoms with van der Waals surface area (Å²) in [5.41, 5.74) is 2.42. The molecule has 19 heavy (non-hydrogen) atoms. The van der Waals surface area contributed by atoms with E-state index in [0.29, 0.717) is 0 Å². The minimum absolute atomic E-state index is 0.260. The van der Waals surface area contributed by atoms with Gasteiger partial charge in [-0.25, -0.2) is 4.98 Å². The van der Waals surface area contributed by atoms with E-state index in [0.717, 1.165) is 31.7 Å². The third kappa shape index (κ3) is 3.91. The third-order valence-corrected chi connectivity index (χ3v) is 3.22. The molecule has 1 aromatic heterocycles. The van der Waals surface area contributed by atoms with Crippen LogP contribution in [0.25, 0.3) is 5.69 Å². The van der Waals surface area contributed by atoms with Crippen LogP contribution in [0.3, 0.4) is 0 Å². The van der Waals surface area contributed by atoms with E-state index < -0.39 is 0 Å². The van der Waals surface area contributed by atoms with Gasteiger partial charge in [-0.05, 0) is 30.7 Å². The predicted octanol–water partition coefficient (Wildman–Crippen LogP) is 2.08. The summed E-state index contributed by atoms with van der Waals surface area (Å²) >= 11 is 0. The van der Waals surface area contributed by atoms with Crippen LogP contribution >= 0.6 is 0 Å². The van der Waals surface area contributed by atoms with Gasteiger partial charge in [0, 0.05) is 37.8 Å². The first-order chi connectivity index (χ1) is 9.33. The molecule has 0 amide bonds. The van der Waals surface area contributed by atoms with Gasteiger partial charge in [0.1, 0.15) is 0 Å². The molecule has 102 valence electrons. The number of aromatic nitrogens is 2. The Morgan fingerprint density at radius 2 is 2.05 bits per heavy atom. The summed E-state index contributed by atoms with van der Waals surface area (Å²) in [4.78, 5) is 6.38. The Balaban J connectivity index is 1.98. The Morgan fingerprint density at radius 1 is 1.26 bits per heavy atom. The molecular weight excluding hydrogens is 238 g/mol. The number of benzene rings is 1. The quantitative estimate of drug-likeness (QED) is 0.827. The summed E-state index contributed by atoms with van der Waals surface area (Å²) in [5, 5.41) is 8.88. The largest absolute Gasteiger partial charge is 0.396 e. The van der Waals surface area contributed by atoms with Gasteiger partial charge < -0.3 is 9.67 Å². The lowest BCUT2D eigenvalue weighted by Gasteiger charge is -2.20. The first-order valence-electron chi connectivity index (χ1n) is 6.74. The molecule has 2 rings (SSSR count). The van der Waals surface area contributed by atoms with Crippen LogP contribution in [0.1, 0.15) is 18.9 Å². The van der Waals surface area contributed by atoms with Gasteiger partial charge >= 0.3 is 0 Å². The molecule has 4 heteroatoms. The van der Waals surface area contributed by atoms with Crippen LogP contribution in [-0.4, -0.2) is 39.3 Å². The topological polar surface area (TPSA) is 41.3 Å². The van der Waals surface area contributed by atoms with Crippen molar-refractivity contribution in [2.75, 3.05) is 19.7 Å². The zero-order chi connectivity index (χ0) is 13.5. The average molecular weight is 259 g/mol. The van der Waals surface area contributed by atoms with Crippen molar-refractivity contribution in [3.05, 3.63) is 48.5 Å². The second kappa shape index (κ2) is 7.07. The second-order valence-electron chi connectivity index (χ2n) is 4.58. The fourth-order valence-corrected chi connectivity index (χ4v) is 2.09.